The minimum atomic E-state index is -0.330. The van der Waals surface area contributed by atoms with E-state index in [9.17, 15) is 4.79 Å². The van der Waals surface area contributed by atoms with Gasteiger partial charge in [-0.25, -0.2) is 4.98 Å². The minimum Gasteiger partial charge on any atom is -0.493 e. The topological polar surface area (TPSA) is 93.8 Å². The van der Waals surface area contributed by atoms with Gasteiger partial charge in [0.1, 0.15) is 5.82 Å². The predicted molar refractivity (Wildman–Crippen MR) is 123 cm³/mol. The van der Waals surface area contributed by atoms with Gasteiger partial charge in [-0.2, -0.15) is 4.98 Å². The zero-order valence-corrected chi connectivity index (χ0v) is 18.4. The Morgan fingerprint density at radius 1 is 0.969 bits per heavy atom. The summed E-state index contributed by atoms with van der Waals surface area (Å²) in [7, 11) is 3.17. The highest BCUT2D eigenvalue weighted by atomic mass is 16.5. The first-order chi connectivity index (χ1) is 15.6. The Hall–Kier alpha value is -3.55. The molecule has 2 aliphatic rings. The second-order valence-corrected chi connectivity index (χ2v) is 8.36. The first-order valence-electron chi connectivity index (χ1n) is 10.8. The monoisotopic (exact) mass is 433 g/mol. The minimum absolute atomic E-state index is 0.235. The highest BCUT2D eigenvalue weighted by Gasteiger charge is 2.53. The van der Waals surface area contributed by atoms with Crippen molar-refractivity contribution in [1.29, 1.82) is 0 Å². The first kappa shape index (κ1) is 20.4. The van der Waals surface area contributed by atoms with Crippen molar-refractivity contribution in [3.05, 3.63) is 48.0 Å². The molecule has 8 nitrogen and oxygen atoms in total. The number of fused-ring (bicyclic) bond motifs is 1. The molecule has 2 aromatic carbocycles. The van der Waals surface area contributed by atoms with E-state index in [1.807, 2.05) is 29.2 Å². The van der Waals surface area contributed by atoms with Gasteiger partial charge in [-0.05, 0) is 24.5 Å². The molecule has 0 radical (unpaired) electrons. The van der Waals surface area contributed by atoms with Crippen molar-refractivity contribution in [1.82, 2.24) is 14.9 Å². The summed E-state index contributed by atoms with van der Waals surface area (Å²) < 4.78 is 10.8. The molecule has 1 aromatic heterocycles. The Morgan fingerprint density at radius 3 is 2.25 bits per heavy atom. The number of hydrogen-bond acceptors (Lipinski definition) is 7. The number of benzene rings is 2. The second-order valence-electron chi connectivity index (χ2n) is 8.36. The SMILES string of the molecule is COc1cc2nc(N3CCN(C(=O)C4(c5ccccc5)CC4)CC3)nc(N)c2cc1OC. The van der Waals surface area contributed by atoms with Crippen LogP contribution in [0.3, 0.4) is 0 Å². The summed E-state index contributed by atoms with van der Waals surface area (Å²) >= 11 is 0. The fourth-order valence-corrected chi connectivity index (χ4v) is 4.53. The molecule has 8 heteroatoms. The van der Waals surface area contributed by atoms with Gasteiger partial charge < -0.3 is 25.0 Å². The summed E-state index contributed by atoms with van der Waals surface area (Å²) in [5.74, 6) is 2.38. The molecule has 1 saturated heterocycles. The van der Waals surface area contributed by atoms with E-state index >= 15 is 0 Å². The number of carbonyl (C=O) groups excluding carboxylic acids is 1. The van der Waals surface area contributed by atoms with Crippen molar-refractivity contribution < 1.29 is 14.3 Å². The smallest absolute Gasteiger partial charge is 0.233 e. The number of methoxy groups -OCH3 is 2. The lowest BCUT2D eigenvalue weighted by Crippen LogP contribution is -2.52. The normalized spacial score (nSPS) is 17.3. The van der Waals surface area contributed by atoms with Crippen LogP contribution in [0.1, 0.15) is 18.4 Å². The fraction of sp³-hybridized carbons (Fsp3) is 0.375. The summed E-state index contributed by atoms with van der Waals surface area (Å²) in [5.41, 5.74) is 7.74. The van der Waals surface area contributed by atoms with E-state index < -0.39 is 0 Å². The van der Waals surface area contributed by atoms with Crippen LogP contribution in [0, 0.1) is 0 Å². The van der Waals surface area contributed by atoms with Crippen molar-refractivity contribution >= 4 is 28.6 Å². The number of rotatable bonds is 5. The Morgan fingerprint density at radius 2 is 1.62 bits per heavy atom. The van der Waals surface area contributed by atoms with E-state index in [1.165, 1.54) is 0 Å². The Bertz CT molecular complexity index is 1160. The van der Waals surface area contributed by atoms with Crippen LogP contribution >= 0.6 is 0 Å². The quantitative estimate of drug-likeness (QED) is 0.661. The van der Waals surface area contributed by atoms with E-state index in [-0.39, 0.29) is 11.3 Å². The van der Waals surface area contributed by atoms with Crippen LogP contribution < -0.4 is 20.1 Å². The molecular formula is C24H27N5O3. The second kappa shape index (κ2) is 7.85. The van der Waals surface area contributed by atoms with Crippen molar-refractivity contribution in [2.75, 3.05) is 51.0 Å². The van der Waals surface area contributed by atoms with Crippen molar-refractivity contribution in [2.24, 2.45) is 0 Å². The molecule has 1 saturated carbocycles. The standard InChI is InChI=1S/C24H27N5O3/c1-31-19-14-17-18(15-20(19)32-2)26-23(27-21(17)25)29-12-10-28(11-13-29)22(30)24(8-9-24)16-6-4-3-5-7-16/h3-7,14-15H,8-13H2,1-2H3,(H2,25,26,27). The van der Waals surface area contributed by atoms with Gasteiger partial charge in [0, 0.05) is 37.6 Å². The number of hydrogen-bond donors (Lipinski definition) is 1. The van der Waals surface area contributed by atoms with Crippen molar-refractivity contribution in [3.8, 4) is 11.5 Å². The van der Waals surface area contributed by atoms with Crippen LogP contribution in [0.25, 0.3) is 10.9 Å². The van der Waals surface area contributed by atoms with Gasteiger partial charge in [0.05, 0.1) is 25.2 Å². The molecule has 166 valence electrons. The summed E-state index contributed by atoms with van der Waals surface area (Å²) in [6.45, 7) is 2.60. The van der Waals surface area contributed by atoms with Crippen molar-refractivity contribution in [2.45, 2.75) is 18.3 Å². The molecule has 5 rings (SSSR count). The molecule has 3 aromatic rings. The molecule has 0 atom stereocenters. The number of ether oxygens (including phenoxy) is 2. The molecule has 1 aliphatic heterocycles. The number of nitrogen functional groups attached to an aromatic ring is 1. The van der Waals surface area contributed by atoms with Gasteiger partial charge in [-0.1, -0.05) is 30.3 Å². The van der Waals surface area contributed by atoms with Gasteiger partial charge in [0.25, 0.3) is 0 Å². The van der Waals surface area contributed by atoms with E-state index in [2.05, 4.69) is 22.0 Å². The third kappa shape index (κ3) is 3.36. The average molecular weight is 434 g/mol. The Labute approximate surface area is 186 Å². The summed E-state index contributed by atoms with van der Waals surface area (Å²) in [6, 6.07) is 13.7. The molecule has 2 fully saturated rings. The van der Waals surface area contributed by atoms with E-state index in [4.69, 9.17) is 20.2 Å². The molecular weight excluding hydrogens is 406 g/mol. The van der Waals surface area contributed by atoms with Crippen LogP contribution in [0.2, 0.25) is 0 Å². The third-order valence-corrected chi connectivity index (χ3v) is 6.55. The lowest BCUT2D eigenvalue weighted by Gasteiger charge is -2.36. The molecule has 2 heterocycles. The maximum absolute atomic E-state index is 13.3. The number of piperazine rings is 1. The van der Waals surface area contributed by atoms with E-state index in [0.717, 1.165) is 23.8 Å². The van der Waals surface area contributed by atoms with Gasteiger partial charge in [-0.15, -0.1) is 0 Å². The summed E-state index contributed by atoms with van der Waals surface area (Å²) in [5, 5.41) is 0.721. The number of nitrogens with zero attached hydrogens (tertiary/aromatic N) is 4. The predicted octanol–water partition coefficient (Wildman–Crippen LogP) is 2.61. The van der Waals surface area contributed by atoms with Crippen molar-refractivity contribution in [3.63, 3.8) is 0 Å². The number of anilines is 2. The number of carbonyl (C=O) groups is 1. The average Bonchev–Trinajstić information content (AvgIpc) is 3.65. The largest absolute Gasteiger partial charge is 0.493 e. The molecule has 2 N–H and O–H groups in total. The fourth-order valence-electron chi connectivity index (χ4n) is 4.53. The van der Waals surface area contributed by atoms with Crippen LogP contribution in [0.5, 0.6) is 11.5 Å². The highest BCUT2D eigenvalue weighted by Crippen LogP contribution is 2.49. The Balaban J connectivity index is 1.33. The lowest BCUT2D eigenvalue weighted by atomic mass is 9.94. The first-order valence-corrected chi connectivity index (χ1v) is 10.8. The van der Waals surface area contributed by atoms with Gasteiger partial charge in [0.2, 0.25) is 11.9 Å². The van der Waals surface area contributed by atoms with Gasteiger partial charge >= 0.3 is 0 Å². The number of amides is 1. The maximum atomic E-state index is 13.3. The molecule has 0 spiro atoms. The molecule has 1 aliphatic carbocycles. The van der Waals surface area contributed by atoms with Crippen LogP contribution in [0.15, 0.2) is 42.5 Å². The molecule has 0 unspecified atom stereocenters. The highest BCUT2D eigenvalue weighted by molar-refractivity contribution is 5.92. The number of aromatic nitrogens is 2. The molecule has 32 heavy (non-hydrogen) atoms. The summed E-state index contributed by atoms with van der Waals surface area (Å²) in [4.78, 5) is 26.6. The van der Waals surface area contributed by atoms with E-state index in [1.54, 1.807) is 20.3 Å². The molecule has 1 amide bonds. The van der Waals surface area contributed by atoms with Crippen LogP contribution in [-0.2, 0) is 10.2 Å². The lowest BCUT2D eigenvalue weighted by molar-refractivity contribution is -0.134. The third-order valence-electron chi connectivity index (χ3n) is 6.55. The van der Waals surface area contributed by atoms with Crippen LogP contribution in [0.4, 0.5) is 11.8 Å². The summed E-state index contributed by atoms with van der Waals surface area (Å²) in [6.07, 6.45) is 1.84. The zero-order chi connectivity index (χ0) is 22.3. The maximum Gasteiger partial charge on any atom is 0.233 e. The number of nitrogens with two attached hydrogens (primary N) is 1. The van der Waals surface area contributed by atoms with Gasteiger partial charge in [-0.3, -0.25) is 4.79 Å². The Kier molecular flexibility index (Phi) is 5.00. The zero-order valence-electron chi connectivity index (χ0n) is 18.4. The van der Waals surface area contributed by atoms with E-state index in [0.29, 0.717) is 55.0 Å². The van der Waals surface area contributed by atoms with Crippen LogP contribution in [-0.4, -0.2) is 61.2 Å². The van der Waals surface area contributed by atoms with Gasteiger partial charge in [0.15, 0.2) is 11.5 Å². The molecule has 0 bridgehead atoms.